The van der Waals surface area contributed by atoms with E-state index in [1.165, 1.54) is 0 Å². The molecule has 1 aliphatic carbocycles. The van der Waals surface area contributed by atoms with Crippen molar-refractivity contribution in [2.45, 2.75) is 31.5 Å². The summed E-state index contributed by atoms with van der Waals surface area (Å²) in [5.41, 5.74) is 1.39. The van der Waals surface area contributed by atoms with E-state index >= 15 is 0 Å². The van der Waals surface area contributed by atoms with Gasteiger partial charge in [0.15, 0.2) is 0 Å². The summed E-state index contributed by atoms with van der Waals surface area (Å²) in [6, 6.07) is 7.60. The van der Waals surface area contributed by atoms with Crippen LogP contribution in [0.2, 0.25) is 0 Å². The number of likely N-dealkylation sites (tertiary alicyclic amines) is 1. The molecule has 1 heterocycles. The molecule has 2 unspecified atom stereocenters. The maximum absolute atomic E-state index is 12.5. The molecule has 2 N–H and O–H groups in total. The van der Waals surface area contributed by atoms with Crippen LogP contribution < -0.4 is 4.90 Å². The van der Waals surface area contributed by atoms with Crippen LogP contribution in [0.25, 0.3) is 0 Å². The summed E-state index contributed by atoms with van der Waals surface area (Å²) in [5.74, 6) is 0.0310. The quantitative estimate of drug-likeness (QED) is 0.859. The predicted octanol–water partition coefficient (Wildman–Crippen LogP) is 1.10. The van der Waals surface area contributed by atoms with Crippen LogP contribution in [0.1, 0.15) is 29.6 Å². The van der Waals surface area contributed by atoms with Crippen LogP contribution in [-0.4, -0.2) is 60.4 Å². The molecule has 2 aliphatic rings. The number of hydrogen-bond donors (Lipinski definition) is 2. The molecule has 3 rings (SSSR count). The molecule has 1 aliphatic heterocycles. The maximum Gasteiger partial charge on any atom is 0.253 e. The van der Waals surface area contributed by atoms with Gasteiger partial charge in [-0.3, -0.25) is 4.79 Å². The highest BCUT2D eigenvalue weighted by molar-refractivity contribution is 5.94. The lowest BCUT2D eigenvalue weighted by molar-refractivity contribution is -0.187. The SMILES string of the molecule is CN(C)c1ccc(C(=O)N2CCC3(CC2)C(O)CC3O)cc1. The number of aliphatic hydroxyl groups is 2. The van der Waals surface area contributed by atoms with Crippen molar-refractivity contribution in [1.82, 2.24) is 4.90 Å². The van der Waals surface area contributed by atoms with Crippen molar-refractivity contribution in [3.63, 3.8) is 0 Å². The highest BCUT2D eigenvalue weighted by Crippen LogP contribution is 2.49. The molecule has 22 heavy (non-hydrogen) atoms. The highest BCUT2D eigenvalue weighted by atomic mass is 16.3. The van der Waals surface area contributed by atoms with E-state index in [-0.39, 0.29) is 11.3 Å². The number of hydrogen-bond acceptors (Lipinski definition) is 4. The molecule has 1 saturated heterocycles. The van der Waals surface area contributed by atoms with Gasteiger partial charge >= 0.3 is 0 Å². The van der Waals surface area contributed by atoms with E-state index in [1.54, 1.807) is 0 Å². The van der Waals surface area contributed by atoms with E-state index in [0.29, 0.717) is 37.9 Å². The van der Waals surface area contributed by atoms with Crippen LogP contribution in [0, 0.1) is 5.41 Å². The summed E-state index contributed by atoms with van der Waals surface area (Å²) in [6.45, 7) is 1.20. The van der Waals surface area contributed by atoms with Gasteiger partial charge in [-0.2, -0.15) is 0 Å². The third kappa shape index (κ3) is 2.38. The van der Waals surface area contributed by atoms with Gasteiger partial charge in [0.25, 0.3) is 5.91 Å². The number of aliphatic hydroxyl groups excluding tert-OH is 2. The highest BCUT2D eigenvalue weighted by Gasteiger charge is 2.55. The molecular weight excluding hydrogens is 280 g/mol. The molecule has 0 bridgehead atoms. The second-order valence-electron chi connectivity index (χ2n) is 6.73. The van der Waals surface area contributed by atoms with Crippen LogP contribution in [-0.2, 0) is 0 Å². The van der Waals surface area contributed by atoms with Crippen LogP contribution in [0.4, 0.5) is 5.69 Å². The zero-order chi connectivity index (χ0) is 15.9. The van der Waals surface area contributed by atoms with Crippen molar-refractivity contribution in [3.8, 4) is 0 Å². The van der Waals surface area contributed by atoms with Gasteiger partial charge in [-0.1, -0.05) is 0 Å². The Kier molecular flexibility index (Phi) is 3.87. The third-order valence-electron chi connectivity index (χ3n) is 5.39. The molecule has 1 saturated carbocycles. The van der Waals surface area contributed by atoms with E-state index in [1.807, 2.05) is 48.2 Å². The summed E-state index contributed by atoms with van der Waals surface area (Å²) in [5, 5.41) is 19.9. The minimum absolute atomic E-state index is 0.0310. The fourth-order valence-corrected chi connectivity index (χ4v) is 3.62. The Labute approximate surface area is 131 Å². The Morgan fingerprint density at radius 2 is 1.68 bits per heavy atom. The molecule has 5 nitrogen and oxygen atoms in total. The smallest absolute Gasteiger partial charge is 0.253 e. The van der Waals surface area contributed by atoms with E-state index in [2.05, 4.69) is 0 Å². The number of carbonyl (C=O) groups excluding carboxylic acids is 1. The van der Waals surface area contributed by atoms with Crippen molar-refractivity contribution in [2.24, 2.45) is 5.41 Å². The second kappa shape index (κ2) is 5.56. The molecule has 0 aromatic heterocycles. The zero-order valence-electron chi connectivity index (χ0n) is 13.2. The lowest BCUT2D eigenvalue weighted by Gasteiger charge is -2.55. The minimum atomic E-state index is -0.417. The number of rotatable bonds is 2. The normalized spacial score (nSPS) is 26.6. The van der Waals surface area contributed by atoms with Gasteiger partial charge in [-0.15, -0.1) is 0 Å². The van der Waals surface area contributed by atoms with Crippen LogP contribution in [0.15, 0.2) is 24.3 Å². The summed E-state index contributed by atoms with van der Waals surface area (Å²) in [4.78, 5) is 16.4. The first kappa shape index (κ1) is 15.3. The topological polar surface area (TPSA) is 64.0 Å². The van der Waals surface area contributed by atoms with Gasteiger partial charge in [0.2, 0.25) is 0 Å². The molecule has 2 fully saturated rings. The van der Waals surface area contributed by atoms with E-state index < -0.39 is 12.2 Å². The Morgan fingerprint density at radius 1 is 1.14 bits per heavy atom. The molecule has 1 aromatic carbocycles. The molecule has 1 amide bonds. The van der Waals surface area contributed by atoms with Crippen LogP contribution >= 0.6 is 0 Å². The maximum atomic E-state index is 12.5. The first-order valence-corrected chi connectivity index (χ1v) is 7.87. The Bertz CT molecular complexity index is 538. The van der Waals surface area contributed by atoms with Crippen molar-refractivity contribution in [3.05, 3.63) is 29.8 Å². The first-order chi connectivity index (χ1) is 10.4. The number of piperidine rings is 1. The lowest BCUT2D eigenvalue weighted by atomic mass is 9.58. The van der Waals surface area contributed by atoms with Gasteiger partial charge in [0.05, 0.1) is 12.2 Å². The number of nitrogens with zero attached hydrogens (tertiary/aromatic N) is 2. The minimum Gasteiger partial charge on any atom is -0.392 e. The molecule has 1 aromatic rings. The molecular formula is C17H24N2O3. The second-order valence-corrected chi connectivity index (χ2v) is 6.73. The van der Waals surface area contributed by atoms with Gasteiger partial charge in [0.1, 0.15) is 0 Å². The van der Waals surface area contributed by atoms with Crippen molar-refractivity contribution in [1.29, 1.82) is 0 Å². The van der Waals surface area contributed by atoms with Crippen molar-refractivity contribution in [2.75, 3.05) is 32.1 Å². The Balaban J connectivity index is 1.65. The van der Waals surface area contributed by atoms with Crippen molar-refractivity contribution >= 4 is 11.6 Å². The zero-order valence-corrected chi connectivity index (χ0v) is 13.2. The van der Waals surface area contributed by atoms with Crippen molar-refractivity contribution < 1.29 is 15.0 Å². The van der Waals surface area contributed by atoms with Gasteiger partial charge in [-0.25, -0.2) is 0 Å². The average molecular weight is 304 g/mol. The number of amides is 1. The number of anilines is 1. The van der Waals surface area contributed by atoms with Gasteiger partial charge in [0, 0.05) is 50.3 Å². The summed E-state index contributed by atoms with van der Waals surface area (Å²) in [6.07, 6.45) is 0.992. The fraction of sp³-hybridized carbons (Fsp3) is 0.588. The van der Waals surface area contributed by atoms with E-state index in [9.17, 15) is 15.0 Å². The van der Waals surface area contributed by atoms with Crippen LogP contribution in [0.3, 0.4) is 0 Å². The standard InChI is InChI=1S/C17H24N2O3/c1-18(2)13-5-3-12(4-6-13)16(22)19-9-7-17(8-10-19)14(20)11-15(17)21/h3-6,14-15,20-21H,7-11H2,1-2H3. The number of carbonyl (C=O) groups is 1. The summed E-state index contributed by atoms with van der Waals surface area (Å²) >= 11 is 0. The van der Waals surface area contributed by atoms with Gasteiger partial charge in [-0.05, 0) is 37.1 Å². The summed E-state index contributed by atoms with van der Waals surface area (Å²) < 4.78 is 0. The third-order valence-corrected chi connectivity index (χ3v) is 5.39. The fourth-order valence-electron chi connectivity index (χ4n) is 3.62. The van der Waals surface area contributed by atoms with Crippen LogP contribution in [0.5, 0.6) is 0 Å². The number of benzene rings is 1. The molecule has 120 valence electrons. The van der Waals surface area contributed by atoms with E-state index in [0.717, 1.165) is 5.69 Å². The molecule has 1 spiro atoms. The Morgan fingerprint density at radius 3 is 2.14 bits per heavy atom. The molecule has 0 radical (unpaired) electrons. The monoisotopic (exact) mass is 304 g/mol. The Hall–Kier alpha value is -1.59. The lowest BCUT2D eigenvalue weighted by Crippen LogP contribution is -2.61. The first-order valence-electron chi connectivity index (χ1n) is 7.87. The predicted molar refractivity (Wildman–Crippen MR) is 85.0 cm³/mol. The van der Waals surface area contributed by atoms with E-state index in [4.69, 9.17) is 0 Å². The molecule has 2 atom stereocenters. The summed E-state index contributed by atoms with van der Waals surface area (Å²) in [7, 11) is 3.94. The largest absolute Gasteiger partial charge is 0.392 e. The van der Waals surface area contributed by atoms with Gasteiger partial charge < -0.3 is 20.0 Å². The average Bonchev–Trinajstić information content (AvgIpc) is 2.54. The molecule has 5 heteroatoms.